The first-order valence-electron chi connectivity index (χ1n) is 27.8. The van der Waals surface area contributed by atoms with Crippen molar-refractivity contribution in [1.82, 2.24) is 5.32 Å². The third-order valence-corrected chi connectivity index (χ3v) is 12.8. The molecule has 0 aromatic heterocycles. The predicted octanol–water partition coefficient (Wildman–Crippen LogP) is 13.5. The highest BCUT2D eigenvalue weighted by atomic mass is 16.7. The molecule has 0 aromatic rings. The summed E-state index contributed by atoms with van der Waals surface area (Å²) in [5.41, 5.74) is 0. The number of hydrogen-bond acceptors (Lipinski definition) is 8. The van der Waals surface area contributed by atoms with Gasteiger partial charge in [0.25, 0.3) is 0 Å². The van der Waals surface area contributed by atoms with Crippen LogP contribution in [0.3, 0.4) is 0 Å². The fourth-order valence-electron chi connectivity index (χ4n) is 8.38. The van der Waals surface area contributed by atoms with E-state index in [9.17, 15) is 30.3 Å². The number of unbranched alkanes of at least 4 members (excludes halogenated alkanes) is 22. The molecule has 0 saturated carbocycles. The number of ether oxygens (including phenoxy) is 2. The number of carbonyl (C=O) groups excluding carboxylic acids is 1. The van der Waals surface area contributed by atoms with Crippen LogP contribution in [-0.4, -0.2) is 87.5 Å². The maximum atomic E-state index is 12.9. The molecule has 1 aliphatic heterocycles. The minimum atomic E-state index is -1.55. The number of allylic oxidation sites excluding steroid dienone is 14. The lowest BCUT2D eigenvalue weighted by Crippen LogP contribution is -2.60. The molecule has 1 saturated heterocycles. The second-order valence-corrected chi connectivity index (χ2v) is 19.0. The Balaban J connectivity index is 1.94. The van der Waals surface area contributed by atoms with Crippen LogP contribution in [-0.2, 0) is 14.3 Å². The summed E-state index contributed by atoms with van der Waals surface area (Å²) in [6.07, 6.45) is 61.4. The van der Waals surface area contributed by atoms with Gasteiger partial charge in [-0.1, -0.05) is 234 Å². The van der Waals surface area contributed by atoms with Crippen molar-refractivity contribution in [1.29, 1.82) is 0 Å². The third-order valence-electron chi connectivity index (χ3n) is 12.8. The van der Waals surface area contributed by atoms with Gasteiger partial charge in [0.15, 0.2) is 6.29 Å². The molecule has 1 heterocycles. The van der Waals surface area contributed by atoms with Crippen LogP contribution in [0.5, 0.6) is 0 Å². The lowest BCUT2D eigenvalue weighted by molar-refractivity contribution is -0.302. The number of aliphatic hydroxyl groups is 5. The third kappa shape index (κ3) is 37.2. The molecule has 0 aromatic carbocycles. The monoisotopic (exact) mass is 954 g/mol. The summed E-state index contributed by atoms with van der Waals surface area (Å²) in [5.74, 6) is -0.154. The van der Waals surface area contributed by atoms with E-state index in [4.69, 9.17) is 9.47 Å². The highest BCUT2D eigenvalue weighted by Gasteiger charge is 2.44. The SMILES string of the molecule is CC/C=C\C/C=C\C/C=C\C/C=C\C/C=C\C/C=C\C/C=C\CCCCCCCCCCCCCCCCCCCCCC(=O)NC(COC1OC(CO)C(O)C(O)C1O)C(O)CCCCCC. The first kappa shape index (κ1) is 63.4. The van der Waals surface area contributed by atoms with Crippen molar-refractivity contribution in [2.75, 3.05) is 13.2 Å². The molecule has 1 aliphatic rings. The second kappa shape index (κ2) is 48.0. The summed E-state index contributed by atoms with van der Waals surface area (Å²) in [6.45, 7) is 3.59. The maximum Gasteiger partial charge on any atom is 0.220 e. The predicted molar refractivity (Wildman–Crippen MR) is 285 cm³/mol. The number of rotatable bonds is 46. The van der Waals surface area contributed by atoms with Gasteiger partial charge >= 0.3 is 0 Å². The second-order valence-electron chi connectivity index (χ2n) is 19.0. The fourth-order valence-corrected chi connectivity index (χ4v) is 8.38. The van der Waals surface area contributed by atoms with Crippen LogP contribution in [0.2, 0.25) is 0 Å². The normalized spacial score (nSPS) is 20.2. The number of aliphatic hydroxyl groups excluding tert-OH is 5. The Kier molecular flexibility index (Phi) is 44.8. The van der Waals surface area contributed by atoms with Crippen LogP contribution in [0.25, 0.3) is 0 Å². The first-order chi connectivity index (χ1) is 33.3. The van der Waals surface area contributed by atoms with Crippen LogP contribution in [0.4, 0.5) is 0 Å². The van der Waals surface area contributed by atoms with E-state index in [0.717, 1.165) is 89.9 Å². The maximum absolute atomic E-state index is 12.9. The molecular formula is C59H103NO8. The van der Waals surface area contributed by atoms with E-state index in [1.54, 1.807) is 0 Å². The molecule has 9 nitrogen and oxygen atoms in total. The molecule has 9 heteroatoms. The highest BCUT2D eigenvalue weighted by Crippen LogP contribution is 2.23. The van der Waals surface area contributed by atoms with Crippen molar-refractivity contribution < 1.29 is 39.8 Å². The topological polar surface area (TPSA) is 149 Å². The van der Waals surface area contributed by atoms with E-state index in [2.05, 4.69) is 104 Å². The van der Waals surface area contributed by atoms with Crippen LogP contribution >= 0.6 is 0 Å². The van der Waals surface area contributed by atoms with Gasteiger partial charge in [-0.15, -0.1) is 0 Å². The molecule has 0 aliphatic carbocycles. The molecule has 7 atom stereocenters. The van der Waals surface area contributed by atoms with Crippen molar-refractivity contribution in [3.05, 3.63) is 85.1 Å². The molecule has 0 radical (unpaired) electrons. The number of carbonyl (C=O) groups is 1. The Morgan fingerprint density at radius 1 is 0.515 bits per heavy atom. The zero-order valence-electron chi connectivity index (χ0n) is 43.3. The molecule has 392 valence electrons. The van der Waals surface area contributed by atoms with Crippen molar-refractivity contribution in [2.24, 2.45) is 0 Å². The number of hydrogen-bond donors (Lipinski definition) is 6. The lowest BCUT2D eigenvalue weighted by atomic mass is 9.99. The van der Waals surface area contributed by atoms with E-state index < -0.39 is 49.5 Å². The Morgan fingerprint density at radius 3 is 1.34 bits per heavy atom. The van der Waals surface area contributed by atoms with Gasteiger partial charge in [0.05, 0.1) is 25.4 Å². The van der Waals surface area contributed by atoms with E-state index in [1.807, 2.05) is 0 Å². The number of amides is 1. The van der Waals surface area contributed by atoms with Gasteiger partial charge in [-0.25, -0.2) is 0 Å². The van der Waals surface area contributed by atoms with E-state index in [0.29, 0.717) is 12.8 Å². The van der Waals surface area contributed by atoms with Crippen molar-refractivity contribution >= 4 is 5.91 Å². The van der Waals surface area contributed by atoms with Gasteiger partial charge in [0.1, 0.15) is 24.4 Å². The molecule has 6 N–H and O–H groups in total. The van der Waals surface area contributed by atoms with Gasteiger partial charge in [-0.3, -0.25) is 4.79 Å². The summed E-state index contributed by atoms with van der Waals surface area (Å²) in [5, 5.41) is 53.8. The molecule has 1 rings (SSSR count). The summed E-state index contributed by atoms with van der Waals surface area (Å²) in [6, 6.07) is -0.716. The molecular weight excluding hydrogens is 851 g/mol. The molecule has 7 unspecified atom stereocenters. The van der Waals surface area contributed by atoms with Crippen LogP contribution in [0.1, 0.15) is 226 Å². The summed E-state index contributed by atoms with van der Waals surface area (Å²) in [7, 11) is 0. The Bertz CT molecular complexity index is 1340. The van der Waals surface area contributed by atoms with E-state index >= 15 is 0 Å². The minimum absolute atomic E-state index is 0.142. The average molecular weight is 954 g/mol. The fraction of sp³-hybridized carbons (Fsp3) is 0.746. The summed E-state index contributed by atoms with van der Waals surface area (Å²) < 4.78 is 11.2. The minimum Gasteiger partial charge on any atom is -0.394 e. The Morgan fingerprint density at radius 2 is 0.912 bits per heavy atom. The molecule has 1 amide bonds. The lowest BCUT2D eigenvalue weighted by Gasteiger charge is -2.40. The average Bonchev–Trinajstić information content (AvgIpc) is 3.34. The van der Waals surface area contributed by atoms with Crippen molar-refractivity contribution in [3.63, 3.8) is 0 Å². The van der Waals surface area contributed by atoms with Crippen LogP contribution < -0.4 is 5.32 Å². The van der Waals surface area contributed by atoms with Crippen molar-refractivity contribution in [2.45, 2.75) is 269 Å². The zero-order chi connectivity index (χ0) is 49.4. The number of nitrogens with one attached hydrogen (secondary N) is 1. The molecule has 0 spiro atoms. The van der Waals surface area contributed by atoms with Crippen LogP contribution in [0, 0.1) is 0 Å². The smallest absolute Gasteiger partial charge is 0.220 e. The molecule has 1 fully saturated rings. The molecule has 0 bridgehead atoms. The zero-order valence-corrected chi connectivity index (χ0v) is 43.3. The Labute approximate surface area is 416 Å². The highest BCUT2D eigenvalue weighted by molar-refractivity contribution is 5.76. The summed E-state index contributed by atoms with van der Waals surface area (Å²) >= 11 is 0. The van der Waals surface area contributed by atoms with Crippen molar-refractivity contribution in [3.8, 4) is 0 Å². The van der Waals surface area contributed by atoms with Crippen LogP contribution in [0.15, 0.2) is 85.1 Å². The standard InChI is InChI=1S/C59H103NO8/c1-3-5-7-9-10-11-12-13-14-15-16-17-18-19-20-21-22-23-24-25-26-27-28-29-30-31-32-33-34-35-36-37-38-39-40-41-42-43-44-45-47-49-55(63)60-52(53(62)48-46-8-6-4-2)51-67-59-58(66)57(65)56(64)54(50-61)68-59/h5,7,10-11,13-14,16-17,19-20,22-23,25-26,52-54,56-59,61-62,64-66H,3-4,6,8-9,12,15,18,21,24,27-51H2,1-2H3,(H,60,63)/b7-5-,11-10-,14-13-,17-16-,20-19-,23-22-,26-25-. The van der Waals surface area contributed by atoms with Gasteiger partial charge in [0.2, 0.25) is 5.91 Å². The van der Waals surface area contributed by atoms with Gasteiger partial charge in [-0.2, -0.15) is 0 Å². The van der Waals surface area contributed by atoms with E-state index in [1.165, 1.54) is 109 Å². The van der Waals surface area contributed by atoms with Gasteiger partial charge < -0.3 is 40.3 Å². The first-order valence-corrected chi connectivity index (χ1v) is 27.8. The van der Waals surface area contributed by atoms with Gasteiger partial charge in [0, 0.05) is 6.42 Å². The molecule has 68 heavy (non-hydrogen) atoms. The van der Waals surface area contributed by atoms with E-state index in [-0.39, 0.29) is 12.5 Å². The quantitative estimate of drug-likeness (QED) is 0.0261. The van der Waals surface area contributed by atoms with Gasteiger partial charge in [-0.05, 0) is 70.6 Å². The largest absolute Gasteiger partial charge is 0.394 e. The summed E-state index contributed by atoms with van der Waals surface area (Å²) in [4.78, 5) is 12.9. The Hall–Kier alpha value is -2.63.